The number of methoxy groups -OCH3 is 1. The first-order valence-corrected chi connectivity index (χ1v) is 3.42. The third-order valence-corrected chi connectivity index (χ3v) is 1.45. The molecular formula is C8H11NO2. The first-order chi connectivity index (χ1) is 5.24. The molecule has 11 heavy (non-hydrogen) atoms. The second kappa shape index (κ2) is 3.34. The molecule has 0 bridgehead atoms. The Labute approximate surface area is 65.7 Å². The Hall–Kier alpha value is -1.09. The van der Waals surface area contributed by atoms with E-state index in [1.54, 1.807) is 32.4 Å². The summed E-state index contributed by atoms with van der Waals surface area (Å²) < 4.78 is 4.88. The van der Waals surface area contributed by atoms with Crippen molar-refractivity contribution in [3.63, 3.8) is 0 Å². The van der Waals surface area contributed by atoms with E-state index in [0.29, 0.717) is 5.88 Å². The van der Waals surface area contributed by atoms with E-state index < -0.39 is 6.10 Å². The zero-order chi connectivity index (χ0) is 8.27. The van der Waals surface area contributed by atoms with E-state index in [-0.39, 0.29) is 0 Å². The molecule has 0 saturated carbocycles. The molecular weight excluding hydrogens is 142 g/mol. The molecule has 1 rings (SSSR count). The van der Waals surface area contributed by atoms with E-state index in [1.807, 2.05) is 0 Å². The van der Waals surface area contributed by atoms with Crippen LogP contribution in [0.2, 0.25) is 0 Å². The smallest absolute Gasteiger partial charge is 0.213 e. The molecule has 0 aromatic carbocycles. The van der Waals surface area contributed by atoms with Gasteiger partial charge in [-0.05, 0) is 18.6 Å². The average Bonchev–Trinajstić information content (AvgIpc) is 2.05. The largest absolute Gasteiger partial charge is 0.481 e. The SMILES string of the molecule is COc1cc([C@H](C)O)ccn1. The van der Waals surface area contributed by atoms with Crippen molar-refractivity contribution in [2.75, 3.05) is 7.11 Å². The van der Waals surface area contributed by atoms with Crippen molar-refractivity contribution >= 4 is 0 Å². The van der Waals surface area contributed by atoms with Gasteiger partial charge in [-0.15, -0.1) is 0 Å². The molecule has 0 radical (unpaired) electrons. The van der Waals surface area contributed by atoms with Crippen LogP contribution in [0.5, 0.6) is 5.88 Å². The van der Waals surface area contributed by atoms with Crippen LogP contribution in [-0.2, 0) is 0 Å². The van der Waals surface area contributed by atoms with Gasteiger partial charge in [0.2, 0.25) is 5.88 Å². The number of aliphatic hydroxyl groups excluding tert-OH is 1. The Morgan fingerprint density at radius 3 is 2.91 bits per heavy atom. The Morgan fingerprint density at radius 1 is 1.64 bits per heavy atom. The second-order valence-electron chi connectivity index (χ2n) is 2.31. The summed E-state index contributed by atoms with van der Waals surface area (Å²) in [6, 6.07) is 3.47. The van der Waals surface area contributed by atoms with Crippen LogP contribution in [0.1, 0.15) is 18.6 Å². The fourth-order valence-electron chi connectivity index (χ4n) is 0.796. The number of ether oxygens (including phenoxy) is 1. The molecule has 0 spiro atoms. The zero-order valence-electron chi connectivity index (χ0n) is 6.61. The van der Waals surface area contributed by atoms with Gasteiger partial charge in [0.05, 0.1) is 13.2 Å². The van der Waals surface area contributed by atoms with E-state index in [4.69, 9.17) is 9.84 Å². The first-order valence-electron chi connectivity index (χ1n) is 3.42. The molecule has 3 heteroatoms. The van der Waals surface area contributed by atoms with Gasteiger partial charge in [-0.2, -0.15) is 0 Å². The van der Waals surface area contributed by atoms with Gasteiger partial charge in [0.15, 0.2) is 0 Å². The molecule has 0 fully saturated rings. The molecule has 0 aliphatic heterocycles. The van der Waals surface area contributed by atoms with Gasteiger partial charge in [-0.3, -0.25) is 0 Å². The van der Waals surface area contributed by atoms with E-state index in [9.17, 15) is 0 Å². The minimum absolute atomic E-state index is 0.466. The summed E-state index contributed by atoms with van der Waals surface area (Å²) in [5.74, 6) is 0.531. The third-order valence-electron chi connectivity index (χ3n) is 1.45. The molecule has 0 amide bonds. The summed E-state index contributed by atoms with van der Waals surface area (Å²) in [5, 5.41) is 9.16. The van der Waals surface area contributed by atoms with E-state index in [2.05, 4.69) is 4.98 Å². The van der Waals surface area contributed by atoms with E-state index in [0.717, 1.165) is 5.56 Å². The average molecular weight is 153 g/mol. The standard InChI is InChI=1S/C8H11NO2/c1-6(10)7-3-4-9-8(5-7)11-2/h3-6,10H,1-2H3/t6-/m0/s1. The van der Waals surface area contributed by atoms with Crippen molar-refractivity contribution in [1.82, 2.24) is 4.98 Å². The lowest BCUT2D eigenvalue weighted by molar-refractivity contribution is 0.198. The topological polar surface area (TPSA) is 42.4 Å². The zero-order valence-corrected chi connectivity index (χ0v) is 6.61. The monoisotopic (exact) mass is 153 g/mol. The molecule has 3 nitrogen and oxygen atoms in total. The minimum Gasteiger partial charge on any atom is -0.481 e. The van der Waals surface area contributed by atoms with Crippen LogP contribution in [0.3, 0.4) is 0 Å². The number of aromatic nitrogens is 1. The molecule has 0 aliphatic rings. The second-order valence-corrected chi connectivity index (χ2v) is 2.31. The highest BCUT2D eigenvalue weighted by Gasteiger charge is 2.01. The molecule has 1 N–H and O–H groups in total. The molecule has 1 atom stereocenters. The number of rotatable bonds is 2. The highest BCUT2D eigenvalue weighted by Crippen LogP contribution is 2.15. The quantitative estimate of drug-likeness (QED) is 0.692. The maximum atomic E-state index is 9.16. The van der Waals surface area contributed by atoms with Crippen LogP contribution in [-0.4, -0.2) is 17.2 Å². The highest BCUT2D eigenvalue weighted by atomic mass is 16.5. The maximum absolute atomic E-state index is 9.16. The van der Waals surface area contributed by atoms with Gasteiger partial charge in [0, 0.05) is 12.3 Å². The Kier molecular flexibility index (Phi) is 2.44. The molecule has 0 saturated heterocycles. The highest BCUT2D eigenvalue weighted by molar-refractivity contribution is 5.21. The molecule has 0 aliphatic carbocycles. The maximum Gasteiger partial charge on any atom is 0.213 e. The predicted octanol–water partition coefficient (Wildman–Crippen LogP) is 1.14. The lowest BCUT2D eigenvalue weighted by atomic mass is 10.2. The van der Waals surface area contributed by atoms with Crippen molar-refractivity contribution in [1.29, 1.82) is 0 Å². The van der Waals surface area contributed by atoms with Gasteiger partial charge in [0.1, 0.15) is 0 Å². The van der Waals surface area contributed by atoms with Gasteiger partial charge >= 0.3 is 0 Å². The first kappa shape index (κ1) is 8.01. The Bertz CT molecular complexity index is 235. The van der Waals surface area contributed by atoms with Gasteiger partial charge in [-0.1, -0.05) is 0 Å². The summed E-state index contributed by atoms with van der Waals surface area (Å²) >= 11 is 0. The summed E-state index contributed by atoms with van der Waals surface area (Å²) in [6.07, 6.45) is 1.15. The van der Waals surface area contributed by atoms with Crippen molar-refractivity contribution in [3.8, 4) is 5.88 Å². The van der Waals surface area contributed by atoms with Crippen LogP contribution in [0.15, 0.2) is 18.3 Å². The fourth-order valence-corrected chi connectivity index (χ4v) is 0.796. The molecule has 0 unspecified atom stereocenters. The molecule has 1 aromatic heterocycles. The Morgan fingerprint density at radius 2 is 2.36 bits per heavy atom. The Balaban J connectivity index is 2.91. The van der Waals surface area contributed by atoms with Crippen molar-refractivity contribution in [2.45, 2.75) is 13.0 Å². The lowest BCUT2D eigenvalue weighted by Gasteiger charge is -2.04. The van der Waals surface area contributed by atoms with Crippen LogP contribution >= 0.6 is 0 Å². The van der Waals surface area contributed by atoms with Crippen LogP contribution in [0, 0.1) is 0 Å². The van der Waals surface area contributed by atoms with E-state index in [1.165, 1.54) is 0 Å². The molecule has 1 aromatic rings. The van der Waals surface area contributed by atoms with Crippen molar-refractivity contribution in [3.05, 3.63) is 23.9 Å². The lowest BCUT2D eigenvalue weighted by Crippen LogP contribution is -1.93. The van der Waals surface area contributed by atoms with Gasteiger partial charge < -0.3 is 9.84 Å². The predicted molar refractivity (Wildman–Crippen MR) is 41.4 cm³/mol. The number of aliphatic hydroxyl groups is 1. The fraction of sp³-hybridized carbons (Fsp3) is 0.375. The molecule has 60 valence electrons. The van der Waals surface area contributed by atoms with Crippen LogP contribution < -0.4 is 4.74 Å². The minimum atomic E-state index is -0.466. The van der Waals surface area contributed by atoms with Gasteiger partial charge in [-0.25, -0.2) is 4.98 Å². The number of pyridine rings is 1. The summed E-state index contributed by atoms with van der Waals surface area (Å²) in [4.78, 5) is 3.91. The number of hydrogen-bond acceptors (Lipinski definition) is 3. The van der Waals surface area contributed by atoms with Gasteiger partial charge in [0.25, 0.3) is 0 Å². The summed E-state index contributed by atoms with van der Waals surface area (Å²) in [5.41, 5.74) is 0.817. The number of hydrogen-bond donors (Lipinski definition) is 1. The van der Waals surface area contributed by atoms with Crippen molar-refractivity contribution < 1.29 is 9.84 Å². The third kappa shape index (κ3) is 1.91. The summed E-state index contributed by atoms with van der Waals surface area (Å²) in [6.45, 7) is 1.70. The normalized spacial score (nSPS) is 12.6. The van der Waals surface area contributed by atoms with Crippen LogP contribution in [0.25, 0.3) is 0 Å². The summed E-state index contributed by atoms with van der Waals surface area (Å²) in [7, 11) is 1.55. The molecule has 1 heterocycles. The number of nitrogens with zero attached hydrogens (tertiary/aromatic N) is 1. The van der Waals surface area contributed by atoms with Crippen molar-refractivity contribution in [2.24, 2.45) is 0 Å². The van der Waals surface area contributed by atoms with Crippen LogP contribution in [0.4, 0.5) is 0 Å². The van der Waals surface area contributed by atoms with E-state index >= 15 is 0 Å².